The Balaban J connectivity index is 2.80. The van der Waals surface area contributed by atoms with E-state index in [1.165, 1.54) is 7.11 Å². The van der Waals surface area contributed by atoms with Gasteiger partial charge in [-0.05, 0) is 18.1 Å². The summed E-state index contributed by atoms with van der Waals surface area (Å²) in [5.41, 5.74) is 1.13. The van der Waals surface area contributed by atoms with Crippen molar-refractivity contribution in [3.05, 3.63) is 24.0 Å². The third-order valence-corrected chi connectivity index (χ3v) is 2.66. The molecule has 0 radical (unpaired) electrons. The zero-order chi connectivity index (χ0) is 13.5. The van der Waals surface area contributed by atoms with Crippen LogP contribution >= 0.6 is 0 Å². The highest BCUT2D eigenvalue weighted by Gasteiger charge is 2.14. The van der Waals surface area contributed by atoms with Crippen LogP contribution in [0.15, 0.2) is 18.3 Å². The quantitative estimate of drug-likeness (QED) is 0.784. The molecule has 0 aliphatic heterocycles. The zero-order valence-electron chi connectivity index (χ0n) is 11.3. The average Bonchev–Trinajstić information content (AvgIpc) is 2.37. The highest BCUT2D eigenvalue weighted by molar-refractivity contribution is 5.88. The summed E-state index contributed by atoms with van der Waals surface area (Å²) in [6, 6.07) is 3.68. The van der Waals surface area contributed by atoms with Gasteiger partial charge in [-0.15, -0.1) is 0 Å². The minimum Gasteiger partial charge on any atom is -0.464 e. The molecule has 0 bridgehead atoms. The number of esters is 1. The number of carbonyl (C=O) groups excluding carboxylic acids is 1. The number of nitrogens with one attached hydrogen (secondary N) is 1. The van der Waals surface area contributed by atoms with Gasteiger partial charge in [0.1, 0.15) is 5.69 Å². The lowest BCUT2D eigenvalue weighted by Gasteiger charge is -2.22. The fourth-order valence-electron chi connectivity index (χ4n) is 1.53. The third kappa shape index (κ3) is 4.00. The Morgan fingerprint density at radius 3 is 2.72 bits per heavy atom. The molecule has 5 nitrogen and oxygen atoms in total. The highest BCUT2D eigenvalue weighted by Crippen LogP contribution is 2.14. The number of ether oxygens (including phenoxy) is 2. The molecule has 1 N–H and O–H groups in total. The van der Waals surface area contributed by atoms with Crippen molar-refractivity contribution in [2.75, 3.05) is 26.1 Å². The van der Waals surface area contributed by atoms with Crippen LogP contribution in [0.5, 0.6) is 0 Å². The van der Waals surface area contributed by atoms with E-state index in [1.807, 2.05) is 6.07 Å². The van der Waals surface area contributed by atoms with E-state index in [0.29, 0.717) is 18.2 Å². The fraction of sp³-hybridized carbons (Fsp3) is 0.538. The number of pyridine rings is 1. The van der Waals surface area contributed by atoms with E-state index in [-0.39, 0.29) is 6.04 Å². The summed E-state index contributed by atoms with van der Waals surface area (Å²) >= 11 is 0. The second kappa shape index (κ2) is 6.96. The van der Waals surface area contributed by atoms with Gasteiger partial charge in [-0.1, -0.05) is 13.8 Å². The van der Waals surface area contributed by atoms with Crippen LogP contribution in [0, 0.1) is 5.92 Å². The lowest BCUT2D eigenvalue weighted by Crippen LogP contribution is -2.30. The Labute approximate surface area is 108 Å². The van der Waals surface area contributed by atoms with Gasteiger partial charge in [-0.25, -0.2) is 9.78 Å². The van der Waals surface area contributed by atoms with E-state index in [2.05, 4.69) is 28.9 Å². The van der Waals surface area contributed by atoms with Crippen LogP contribution < -0.4 is 5.32 Å². The third-order valence-electron chi connectivity index (χ3n) is 2.66. The van der Waals surface area contributed by atoms with E-state index >= 15 is 0 Å². The lowest BCUT2D eigenvalue weighted by molar-refractivity contribution is 0.0594. The van der Waals surface area contributed by atoms with Crippen LogP contribution in [-0.4, -0.2) is 37.8 Å². The maximum absolute atomic E-state index is 11.4. The molecule has 1 unspecified atom stereocenters. The second-order valence-electron chi connectivity index (χ2n) is 4.37. The molecule has 0 aliphatic carbocycles. The first-order chi connectivity index (χ1) is 8.58. The molecule has 0 aromatic carbocycles. The van der Waals surface area contributed by atoms with Crippen molar-refractivity contribution in [1.29, 1.82) is 0 Å². The van der Waals surface area contributed by atoms with Gasteiger partial charge in [0.15, 0.2) is 0 Å². The molecular weight excluding hydrogens is 232 g/mol. The van der Waals surface area contributed by atoms with Crippen LogP contribution in [0.2, 0.25) is 0 Å². The van der Waals surface area contributed by atoms with Crippen LogP contribution in [-0.2, 0) is 9.47 Å². The molecule has 0 saturated carbocycles. The minimum atomic E-state index is -0.438. The first-order valence-electron chi connectivity index (χ1n) is 5.88. The molecule has 1 atom stereocenters. The maximum Gasteiger partial charge on any atom is 0.356 e. The number of hydrogen-bond acceptors (Lipinski definition) is 5. The summed E-state index contributed by atoms with van der Waals surface area (Å²) in [6.07, 6.45) is 1.58. The summed E-state index contributed by atoms with van der Waals surface area (Å²) in [5, 5.41) is 3.33. The normalized spacial score (nSPS) is 12.3. The largest absolute Gasteiger partial charge is 0.464 e. The molecule has 0 spiro atoms. The van der Waals surface area contributed by atoms with Gasteiger partial charge >= 0.3 is 5.97 Å². The van der Waals surface area contributed by atoms with Crippen LogP contribution in [0.4, 0.5) is 5.69 Å². The summed E-state index contributed by atoms with van der Waals surface area (Å²) in [5.74, 6) is -0.0221. The number of aromatic nitrogens is 1. The molecule has 0 fully saturated rings. The summed E-state index contributed by atoms with van der Waals surface area (Å²) < 4.78 is 9.80. The Morgan fingerprint density at radius 1 is 1.44 bits per heavy atom. The van der Waals surface area contributed by atoms with Gasteiger partial charge in [0.05, 0.1) is 19.8 Å². The lowest BCUT2D eigenvalue weighted by atomic mass is 10.1. The first kappa shape index (κ1) is 14.4. The van der Waals surface area contributed by atoms with Crippen molar-refractivity contribution in [3.8, 4) is 0 Å². The molecule has 0 amide bonds. The zero-order valence-corrected chi connectivity index (χ0v) is 11.3. The highest BCUT2D eigenvalue weighted by atomic mass is 16.5. The molecule has 1 heterocycles. The van der Waals surface area contributed by atoms with Crippen molar-refractivity contribution in [3.63, 3.8) is 0 Å². The van der Waals surface area contributed by atoms with Gasteiger partial charge in [0, 0.05) is 19.0 Å². The Hall–Kier alpha value is -1.62. The standard InChI is InChI=1S/C13H20N2O3/c1-9(2)12(8-17-3)15-10-5-6-14-11(7-10)13(16)18-4/h5-7,9,12H,8H2,1-4H3,(H,14,15). The molecule has 18 heavy (non-hydrogen) atoms. The molecule has 0 aliphatic rings. The fourth-order valence-corrected chi connectivity index (χ4v) is 1.53. The summed E-state index contributed by atoms with van der Waals surface area (Å²) in [7, 11) is 3.01. The second-order valence-corrected chi connectivity index (χ2v) is 4.37. The van der Waals surface area contributed by atoms with Gasteiger partial charge < -0.3 is 14.8 Å². The Morgan fingerprint density at radius 2 is 2.17 bits per heavy atom. The van der Waals surface area contributed by atoms with Crippen molar-refractivity contribution in [1.82, 2.24) is 4.98 Å². The topological polar surface area (TPSA) is 60.5 Å². The van der Waals surface area contributed by atoms with E-state index in [4.69, 9.17) is 4.74 Å². The number of anilines is 1. The van der Waals surface area contributed by atoms with Crippen LogP contribution in [0.1, 0.15) is 24.3 Å². The number of methoxy groups -OCH3 is 2. The van der Waals surface area contributed by atoms with Crippen molar-refractivity contribution in [2.24, 2.45) is 5.92 Å². The molecule has 5 heteroatoms. The minimum absolute atomic E-state index is 0.183. The summed E-state index contributed by atoms with van der Waals surface area (Å²) in [4.78, 5) is 15.3. The van der Waals surface area contributed by atoms with Crippen LogP contribution in [0.25, 0.3) is 0 Å². The van der Waals surface area contributed by atoms with E-state index in [9.17, 15) is 4.79 Å². The molecule has 0 saturated heterocycles. The monoisotopic (exact) mass is 252 g/mol. The first-order valence-corrected chi connectivity index (χ1v) is 5.88. The van der Waals surface area contributed by atoms with Crippen molar-refractivity contribution >= 4 is 11.7 Å². The average molecular weight is 252 g/mol. The van der Waals surface area contributed by atoms with Crippen molar-refractivity contribution in [2.45, 2.75) is 19.9 Å². The predicted octanol–water partition coefficient (Wildman–Crippen LogP) is 1.95. The van der Waals surface area contributed by atoms with Crippen LogP contribution in [0.3, 0.4) is 0 Å². The molecular formula is C13H20N2O3. The number of carbonyl (C=O) groups is 1. The van der Waals surface area contributed by atoms with E-state index < -0.39 is 5.97 Å². The van der Waals surface area contributed by atoms with Crippen molar-refractivity contribution < 1.29 is 14.3 Å². The number of nitrogens with zero attached hydrogens (tertiary/aromatic N) is 1. The molecule has 1 rings (SSSR count). The Kier molecular flexibility index (Phi) is 5.58. The summed E-state index contributed by atoms with van der Waals surface area (Å²) in [6.45, 7) is 4.83. The predicted molar refractivity (Wildman–Crippen MR) is 69.7 cm³/mol. The SMILES string of the molecule is COCC(Nc1ccnc(C(=O)OC)c1)C(C)C. The van der Waals surface area contributed by atoms with E-state index in [1.54, 1.807) is 19.4 Å². The van der Waals surface area contributed by atoms with Gasteiger partial charge in [0.25, 0.3) is 0 Å². The van der Waals surface area contributed by atoms with Gasteiger partial charge in [-0.2, -0.15) is 0 Å². The number of hydrogen-bond donors (Lipinski definition) is 1. The number of rotatable bonds is 6. The van der Waals surface area contributed by atoms with E-state index in [0.717, 1.165) is 5.69 Å². The smallest absolute Gasteiger partial charge is 0.356 e. The maximum atomic E-state index is 11.4. The Bertz CT molecular complexity index is 394. The van der Waals surface area contributed by atoms with Gasteiger partial charge in [0.2, 0.25) is 0 Å². The molecule has 1 aromatic heterocycles. The molecule has 1 aromatic rings. The molecule has 100 valence electrons. The van der Waals surface area contributed by atoms with Gasteiger partial charge in [-0.3, -0.25) is 0 Å².